The highest BCUT2D eigenvalue weighted by Gasteiger charge is 2.42. The van der Waals surface area contributed by atoms with Crippen LogP contribution >= 0.6 is 0 Å². The average molecular weight is 464 g/mol. The Labute approximate surface area is 188 Å². The number of benzene rings is 2. The number of H-pyrrole nitrogens is 1. The van der Waals surface area contributed by atoms with Gasteiger partial charge in [-0.05, 0) is 63.6 Å². The van der Waals surface area contributed by atoms with E-state index < -0.39 is 40.9 Å². The van der Waals surface area contributed by atoms with E-state index in [1.54, 1.807) is 0 Å². The molecule has 2 saturated heterocycles. The van der Waals surface area contributed by atoms with Gasteiger partial charge in [-0.3, -0.25) is 4.90 Å². The molecule has 176 valence electrons. The maximum atomic E-state index is 14.0. The van der Waals surface area contributed by atoms with Crippen LogP contribution in [-0.2, 0) is 6.42 Å². The lowest BCUT2D eigenvalue weighted by Crippen LogP contribution is -2.46. The lowest BCUT2D eigenvalue weighted by Gasteiger charge is -2.39. The third kappa shape index (κ3) is 3.88. The van der Waals surface area contributed by atoms with Gasteiger partial charge in [0.05, 0.1) is 0 Å². The van der Waals surface area contributed by atoms with Crippen LogP contribution in [0.1, 0.15) is 43.4 Å². The number of hydrogen-bond donors (Lipinski definition) is 1. The number of nitrogens with zero attached hydrogens (tertiary/aromatic N) is 1. The number of nitrogens with one attached hydrogen (secondary N) is 1. The molecule has 8 heteroatoms. The van der Waals surface area contributed by atoms with Crippen molar-refractivity contribution in [2.24, 2.45) is 0 Å². The van der Waals surface area contributed by atoms with Gasteiger partial charge in [-0.15, -0.1) is 0 Å². The second-order valence-corrected chi connectivity index (χ2v) is 9.11. The number of para-hydroxylation sites is 1. The number of ether oxygens (including phenoxy) is 1. The van der Waals surface area contributed by atoms with Gasteiger partial charge >= 0.3 is 0 Å². The molecule has 2 aliphatic heterocycles. The highest BCUT2D eigenvalue weighted by atomic mass is 19.2. The average Bonchev–Trinajstić information content (AvgIpc) is 3.25. The topological polar surface area (TPSA) is 28.3 Å². The number of rotatable bonds is 6. The van der Waals surface area contributed by atoms with Crippen LogP contribution in [-0.4, -0.2) is 34.6 Å². The Kier molecular flexibility index (Phi) is 5.80. The van der Waals surface area contributed by atoms with Crippen LogP contribution in [0.15, 0.2) is 24.3 Å². The summed E-state index contributed by atoms with van der Waals surface area (Å²) in [5.74, 6) is -11.1. The third-order valence-corrected chi connectivity index (χ3v) is 7.17. The van der Waals surface area contributed by atoms with Gasteiger partial charge in [0, 0.05) is 28.7 Å². The maximum Gasteiger partial charge on any atom is 0.207 e. The fourth-order valence-electron chi connectivity index (χ4n) is 5.64. The molecule has 33 heavy (non-hydrogen) atoms. The van der Waals surface area contributed by atoms with Crippen molar-refractivity contribution in [3.8, 4) is 5.75 Å². The van der Waals surface area contributed by atoms with Gasteiger partial charge in [0.2, 0.25) is 29.1 Å². The van der Waals surface area contributed by atoms with Crippen molar-refractivity contribution in [2.45, 2.75) is 63.6 Å². The molecule has 5 rings (SSSR count). The Morgan fingerprint density at radius 3 is 2.18 bits per heavy atom. The van der Waals surface area contributed by atoms with E-state index >= 15 is 0 Å². The van der Waals surface area contributed by atoms with Crippen molar-refractivity contribution in [3.63, 3.8) is 0 Å². The molecule has 2 atom stereocenters. The minimum atomic E-state index is -2.17. The Morgan fingerprint density at radius 2 is 1.52 bits per heavy atom. The summed E-state index contributed by atoms with van der Waals surface area (Å²) >= 11 is 0. The number of aromatic nitrogens is 1. The van der Waals surface area contributed by atoms with Crippen LogP contribution in [0.5, 0.6) is 5.75 Å². The van der Waals surface area contributed by atoms with E-state index in [-0.39, 0.29) is 12.1 Å². The monoisotopic (exact) mass is 464 g/mol. The van der Waals surface area contributed by atoms with E-state index in [4.69, 9.17) is 4.74 Å². The largest absolute Gasteiger partial charge is 0.484 e. The molecule has 3 heterocycles. The smallest absolute Gasteiger partial charge is 0.207 e. The number of halogens is 5. The molecule has 1 N–H and O–H groups in total. The van der Waals surface area contributed by atoms with Crippen LogP contribution in [0.4, 0.5) is 22.0 Å². The summed E-state index contributed by atoms with van der Waals surface area (Å²) in [6, 6.07) is 8.60. The SMILES string of the molecule is Cc1[nH]c2ccccc2c1CCCN1C2CCC1CC(Oc1c(F)c(F)c(F)c(F)c1F)C2. The number of fused-ring (bicyclic) bond motifs is 3. The molecule has 0 aliphatic carbocycles. The van der Waals surface area contributed by atoms with Crippen LogP contribution in [0, 0.1) is 36.0 Å². The van der Waals surface area contributed by atoms with Gasteiger partial charge in [-0.25, -0.2) is 13.2 Å². The summed E-state index contributed by atoms with van der Waals surface area (Å²) in [4.78, 5) is 5.85. The summed E-state index contributed by atoms with van der Waals surface area (Å²) in [7, 11) is 0. The lowest BCUT2D eigenvalue weighted by molar-refractivity contribution is 0.0434. The molecule has 2 unspecified atom stereocenters. The standard InChI is InChI=1S/C25H25F5N2O/c1-13-17(18-5-2-3-7-19(18)31-13)6-4-10-32-14-8-9-15(32)12-16(11-14)33-25-23(29)21(27)20(26)22(28)24(25)30/h2-3,5,7,14-16,31H,4,6,8-12H2,1H3. The normalized spacial score (nSPS) is 22.9. The molecule has 0 saturated carbocycles. The molecular formula is C25H25F5N2O. The number of hydrogen-bond acceptors (Lipinski definition) is 2. The van der Waals surface area contributed by atoms with Crippen LogP contribution in [0.2, 0.25) is 0 Å². The first-order valence-corrected chi connectivity index (χ1v) is 11.3. The van der Waals surface area contributed by atoms with E-state index in [1.165, 1.54) is 16.6 Å². The zero-order chi connectivity index (χ0) is 23.3. The zero-order valence-corrected chi connectivity index (χ0v) is 18.2. The third-order valence-electron chi connectivity index (χ3n) is 7.17. The minimum Gasteiger partial charge on any atom is -0.484 e. The van der Waals surface area contributed by atoms with Gasteiger partial charge in [0.15, 0.2) is 5.75 Å². The summed E-state index contributed by atoms with van der Waals surface area (Å²) < 4.78 is 73.8. The zero-order valence-electron chi connectivity index (χ0n) is 18.2. The highest BCUT2D eigenvalue weighted by Crippen LogP contribution is 2.39. The van der Waals surface area contributed by atoms with E-state index in [9.17, 15) is 22.0 Å². The van der Waals surface area contributed by atoms with Gasteiger partial charge in [0.1, 0.15) is 6.10 Å². The molecule has 0 radical (unpaired) electrons. The van der Waals surface area contributed by atoms with E-state index in [2.05, 4.69) is 28.9 Å². The molecule has 3 nitrogen and oxygen atoms in total. The fraction of sp³-hybridized carbons (Fsp3) is 0.440. The molecule has 2 aromatic carbocycles. The molecule has 0 amide bonds. The van der Waals surface area contributed by atoms with Crippen LogP contribution in [0.25, 0.3) is 10.9 Å². The minimum absolute atomic E-state index is 0.180. The van der Waals surface area contributed by atoms with Crippen molar-refractivity contribution in [2.75, 3.05) is 6.54 Å². The second-order valence-electron chi connectivity index (χ2n) is 9.11. The van der Waals surface area contributed by atoms with E-state index in [0.29, 0.717) is 12.8 Å². The molecule has 2 fully saturated rings. The van der Waals surface area contributed by atoms with E-state index in [1.807, 2.05) is 12.1 Å². The summed E-state index contributed by atoms with van der Waals surface area (Å²) in [6.45, 7) is 2.98. The van der Waals surface area contributed by atoms with Gasteiger partial charge in [-0.2, -0.15) is 8.78 Å². The predicted octanol–water partition coefficient (Wildman–Crippen LogP) is 6.18. The first kappa shape index (κ1) is 22.2. The number of aryl methyl sites for hydroxylation is 2. The Bertz CT molecular complexity index is 1150. The molecule has 0 spiro atoms. The Morgan fingerprint density at radius 1 is 0.909 bits per heavy atom. The predicted molar refractivity (Wildman–Crippen MR) is 115 cm³/mol. The first-order valence-electron chi connectivity index (χ1n) is 11.3. The van der Waals surface area contributed by atoms with Gasteiger partial charge in [0.25, 0.3) is 0 Å². The van der Waals surface area contributed by atoms with Gasteiger partial charge < -0.3 is 9.72 Å². The first-order chi connectivity index (χ1) is 15.8. The number of piperidine rings is 1. The highest BCUT2D eigenvalue weighted by molar-refractivity contribution is 5.84. The van der Waals surface area contributed by atoms with Crippen LogP contribution in [0.3, 0.4) is 0 Å². The van der Waals surface area contributed by atoms with Crippen molar-refractivity contribution in [1.82, 2.24) is 9.88 Å². The molecule has 2 aliphatic rings. The van der Waals surface area contributed by atoms with Crippen molar-refractivity contribution < 1.29 is 26.7 Å². The van der Waals surface area contributed by atoms with Crippen molar-refractivity contribution in [1.29, 1.82) is 0 Å². The molecule has 1 aromatic heterocycles. The quantitative estimate of drug-likeness (QED) is 0.268. The molecular weight excluding hydrogens is 439 g/mol. The summed E-state index contributed by atoms with van der Waals surface area (Å²) in [5, 5.41) is 1.24. The molecule has 3 aromatic rings. The van der Waals surface area contributed by atoms with Gasteiger partial charge in [-0.1, -0.05) is 18.2 Å². The van der Waals surface area contributed by atoms with Crippen molar-refractivity contribution >= 4 is 10.9 Å². The second kappa shape index (κ2) is 8.63. The van der Waals surface area contributed by atoms with Crippen LogP contribution < -0.4 is 4.74 Å². The number of aromatic amines is 1. The van der Waals surface area contributed by atoms with E-state index in [0.717, 1.165) is 37.7 Å². The lowest BCUT2D eigenvalue weighted by atomic mass is 9.98. The van der Waals surface area contributed by atoms with Crippen molar-refractivity contribution in [3.05, 3.63) is 64.6 Å². The fourth-order valence-corrected chi connectivity index (χ4v) is 5.64. The summed E-state index contributed by atoms with van der Waals surface area (Å²) in [6.07, 6.45) is 4.21. The molecule has 2 bridgehead atoms. The maximum absolute atomic E-state index is 14.0. The Balaban J connectivity index is 1.23. The summed E-state index contributed by atoms with van der Waals surface area (Å²) in [5.41, 5.74) is 3.63. The Hall–Kier alpha value is -2.61.